The number of carbonyl (C=O) groups excluding carboxylic acids is 1. The molecule has 3 rings (SSSR count). The van der Waals surface area contributed by atoms with Gasteiger partial charge in [0.2, 0.25) is 5.91 Å². The van der Waals surface area contributed by atoms with Gasteiger partial charge in [0.15, 0.2) is 0 Å². The number of hydrogen-bond acceptors (Lipinski definition) is 3. The van der Waals surface area contributed by atoms with E-state index in [9.17, 15) is 4.79 Å². The SMILES string of the molecule is O=C(/C=C\c1ccccc1Br)NCC1(N2CCOCC2)CCCCC1. The maximum atomic E-state index is 12.3. The summed E-state index contributed by atoms with van der Waals surface area (Å²) in [5.74, 6) is -0.0195. The first kappa shape index (κ1) is 18.6. The normalized spacial score (nSPS) is 21.3. The van der Waals surface area contributed by atoms with Gasteiger partial charge < -0.3 is 10.1 Å². The minimum Gasteiger partial charge on any atom is -0.379 e. The summed E-state index contributed by atoms with van der Waals surface area (Å²) in [4.78, 5) is 14.9. The molecule has 25 heavy (non-hydrogen) atoms. The molecule has 0 bridgehead atoms. The van der Waals surface area contributed by atoms with E-state index in [0.717, 1.165) is 42.9 Å². The molecule has 1 aliphatic carbocycles. The third-order valence-electron chi connectivity index (χ3n) is 5.38. The number of amides is 1. The van der Waals surface area contributed by atoms with Gasteiger partial charge in [-0.3, -0.25) is 9.69 Å². The van der Waals surface area contributed by atoms with Gasteiger partial charge in [0.1, 0.15) is 0 Å². The molecule has 2 aliphatic rings. The van der Waals surface area contributed by atoms with Crippen molar-refractivity contribution in [3.05, 3.63) is 40.4 Å². The second-order valence-electron chi connectivity index (χ2n) is 6.96. The summed E-state index contributed by atoms with van der Waals surface area (Å²) in [5.41, 5.74) is 1.12. The molecule has 1 aromatic rings. The van der Waals surface area contributed by atoms with E-state index in [0.29, 0.717) is 0 Å². The molecule has 1 aromatic carbocycles. The molecule has 1 amide bonds. The van der Waals surface area contributed by atoms with Crippen molar-refractivity contribution in [1.29, 1.82) is 0 Å². The van der Waals surface area contributed by atoms with Crippen LogP contribution < -0.4 is 5.32 Å². The first-order valence-corrected chi connectivity index (χ1v) is 10.0. The lowest BCUT2D eigenvalue weighted by Crippen LogP contribution is -2.59. The Hall–Kier alpha value is -1.17. The molecule has 136 valence electrons. The van der Waals surface area contributed by atoms with E-state index < -0.39 is 0 Å². The van der Waals surface area contributed by atoms with E-state index in [1.807, 2.05) is 30.3 Å². The number of nitrogens with zero attached hydrogens (tertiary/aromatic N) is 1. The molecule has 1 aliphatic heterocycles. The topological polar surface area (TPSA) is 41.6 Å². The van der Waals surface area contributed by atoms with E-state index >= 15 is 0 Å². The number of nitrogens with one attached hydrogen (secondary N) is 1. The Morgan fingerprint density at radius 2 is 1.92 bits per heavy atom. The van der Waals surface area contributed by atoms with Crippen molar-refractivity contribution in [3.63, 3.8) is 0 Å². The van der Waals surface area contributed by atoms with Crippen LogP contribution in [-0.2, 0) is 9.53 Å². The summed E-state index contributed by atoms with van der Waals surface area (Å²) < 4.78 is 6.51. The van der Waals surface area contributed by atoms with E-state index in [4.69, 9.17) is 4.74 Å². The number of ether oxygens (including phenoxy) is 1. The highest BCUT2D eigenvalue weighted by Gasteiger charge is 2.38. The Morgan fingerprint density at radius 3 is 2.64 bits per heavy atom. The van der Waals surface area contributed by atoms with Crippen LogP contribution in [0.4, 0.5) is 0 Å². The Labute approximate surface area is 158 Å². The third kappa shape index (κ3) is 4.93. The third-order valence-corrected chi connectivity index (χ3v) is 6.10. The van der Waals surface area contributed by atoms with Gasteiger partial charge in [0.05, 0.1) is 13.2 Å². The first-order valence-electron chi connectivity index (χ1n) is 9.23. The molecule has 4 nitrogen and oxygen atoms in total. The summed E-state index contributed by atoms with van der Waals surface area (Å²) in [7, 11) is 0. The highest BCUT2D eigenvalue weighted by atomic mass is 79.9. The fourth-order valence-corrected chi connectivity index (χ4v) is 4.36. The zero-order valence-corrected chi connectivity index (χ0v) is 16.3. The van der Waals surface area contributed by atoms with Gasteiger partial charge in [-0.05, 0) is 30.5 Å². The number of benzene rings is 1. The van der Waals surface area contributed by atoms with Crippen LogP contribution in [-0.4, -0.2) is 49.2 Å². The average molecular weight is 407 g/mol. The highest BCUT2D eigenvalue weighted by Crippen LogP contribution is 2.33. The number of carbonyl (C=O) groups is 1. The molecule has 0 spiro atoms. The standard InChI is InChI=1S/C20H27BrN2O2/c21-18-7-3-2-6-17(18)8-9-19(24)22-16-20(10-4-1-5-11-20)23-12-14-25-15-13-23/h2-3,6-9H,1,4-5,10-16H2,(H,22,24)/b9-8-. The molecular formula is C20H27BrN2O2. The van der Waals surface area contributed by atoms with Crippen molar-refractivity contribution in [2.24, 2.45) is 0 Å². The smallest absolute Gasteiger partial charge is 0.244 e. The Morgan fingerprint density at radius 1 is 1.20 bits per heavy atom. The molecule has 2 fully saturated rings. The van der Waals surface area contributed by atoms with Crippen LogP contribution in [0.15, 0.2) is 34.8 Å². The Kier molecular flexibility index (Phi) is 6.68. The van der Waals surface area contributed by atoms with Crippen LogP contribution in [0.25, 0.3) is 6.08 Å². The van der Waals surface area contributed by atoms with Gasteiger partial charge >= 0.3 is 0 Å². The van der Waals surface area contributed by atoms with Crippen LogP contribution in [0.5, 0.6) is 0 Å². The molecule has 1 saturated carbocycles. The van der Waals surface area contributed by atoms with E-state index in [1.165, 1.54) is 32.1 Å². The monoisotopic (exact) mass is 406 g/mol. The van der Waals surface area contributed by atoms with Crippen molar-refractivity contribution in [1.82, 2.24) is 10.2 Å². The average Bonchev–Trinajstić information content (AvgIpc) is 2.67. The maximum absolute atomic E-state index is 12.3. The molecule has 5 heteroatoms. The van der Waals surface area contributed by atoms with Crippen molar-refractivity contribution in [2.45, 2.75) is 37.6 Å². The van der Waals surface area contributed by atoms with Crippen molar-refractivity contribution >= 4 is 27.9 Å². The molecule has 0 radical (unpaired) electrons. The van der Waals surface area contributed by atoms with Crippen molar-refractivity contribution < 1.29 is 9.53 Å². The second kappa shape index (κ2) is 8.97. The number of rotatable bonds is 5. The van der Waals surface area contributed by atoms with Crippen LogP contribution >= 0.6 is 15.9 Å². The molecule has 1 heterocycles. The lowest BCUT2D eigenvalue weighted by Gasteiger charge is -2.48. The quantitative estimate of drug-likeness (QED) is 0.759. The molecule has 1 saturated heterocycles. The summed E-state index contributed by atoms with van der Waals surface area (Å²) in [6.45, 7) is 4.28. The van der Waals surface area contributed by atoms with Gasteiger partial charge in [0.25, 0.3) is 0 Å². The fraction of sp³-hybridized carbons (Fsp3) is 0.550. The highest BCUT2D eigenvalue weighted by molar-refractivity contribution is 9.10. The van der Waals surface area contributed by atoms with E-state index in [1.54, 1.807) is 6.08 Å². The van der Waals surface area contributed by atoms with Gasteiger partial charge in [-0.1, -0.05) is 53.4 Å². The summed E-state index contributed by atoms with van der Waals surface area (Å²) >= 11 is 3.51. The summed E-state index contributed by atoms with van der Waals surface area (Å²) in [5, 5.41) is 3.16. The first-order chi connectivity index (χ1) is 12.2. The minimum atomic E-state index is -0.0195. The van der Waals surface area contributed by atoms with E-state index in [2.05, 4.69) is 26.1 Å². The largest absolute Gasteiger partial charge is 0.379 e. The fourth-order valence-electron chi connectivity index (χ4n) is 3.94. The van der Waals surface area contributed by atoms with Crippen molar-refractivity contribution in [2.75, 3.05) is 32.8 Å². The number of morpholine rings is 1. The van der Waals surface area contributed by atoms with Gasteiger partial charge in [-0.25, -0.2) is 0 Å². The van der Waals surface area contributed by atoms with E-state index in [-0.39, 0.29) is 11.4 Å². The molecule has 0 unspecified atom stereocenters. The molecule has 1 N–H and O–H groups in total. The number of hydrogen-bond donors (Lipinski definition) is 1. The summed E-state index contributed by atoms with van der Waals surface area (Å²) in [6, 6.07) is 7.91. The zero-order valence-electron chi connectivity index (χ0n) is 14.7. The molecule has 0 atom stereocenters. The maximum Gasteiger partial charge on any atom is 0.244 e. The van der Waals surface area contributed by atoms with Gasteiger partial charge in [-0.2, -0.15) is 0 Å². The molecular weight excluding hydrogens is 380 g/mol. The van der Waals surface area contributed by atoms with Gasteiger partial charge in [-0.15, -0.1) is 0 Å². The summed E-state index contributed by atoms with van der Waals surface area (Å²) in [6.07, 6.45) is 9.64. The van der Waals surface area contributed by atoms with Crippen LogP contribution in [0.1, 0.15) is 37.7 Å². The Bertz CT molecular complexity index is 605. The molecule has 0 aromatic heterocycles. The van der Waals surface area contributed by atoms with Crippen molar-refractivity contribution in [3.8, 4) is 0 Å². The van der Waals surface area contributed by atoms with Crippen LogP contribution in [0, 0.1) is 0 Å². The lowest BCUT2D eigenvalue weighted by molar-refractivity contribution is -0.117. The zero-order chi connectivity index (χ0) is 17.5. The van der Waals surface area contributed by atoms with Gasteiger partial charge in [0, 0.05) is 35.7 Å². The lowest BCUT2D eigenvalue weighted by atomic mass is 9.79. The minimum absolute atomic E-state index is 0.0195. The predicted molar refractivity (Wildman–Crippen MR) is 104 cm³/mol. The number of halogens is 1. The predicted octanol–water partition coefficient (Wildman–Crippen LogP) is 3.61. The Balaban J connectivity index is 1.60. The van der Waals surface area contributed by atoms with Crippen LogP contribution in [0.2, 0.25) is 0 Å². The van der Waals surface area contributed by atoms with Crippen LogP contribution in [0.3, 0.4) is 0 Å². The second-order valence-corrected chi connectivity index (χ2v) is 7.81.